The van der Waals surface area contributed by atoms with E-state index in [4.69, 9.17) is 0 Å². The lowest BCUT2D eigenvalue weighted by atomic mass is 10.0. The highest BCUT2D eigenvalue weighted by Gasteiger charge is 2.09. The molecule has 0 amide bonds. The van der Waals surface area contributed by atoms with Gasteiger partial charge in [-0.05, 0) is 11.6 Å². The number of hydrogen-bond acceptors (Lipinski definition) is 4. The van der Waals surface area contributed by atoms with Gasteiger partial charge in [-0.15, -0.1) is 0 Å². The molecule has 0 spiro atoms. The number of carbonyl (C=O) groups excluding carboxylic acids is 1. The molecule has 0 radical (unpaired) electrons. The van der Waals surface area contributed by atoms with E-state index < -0.39 is 4.92 Å². The van der Waals surface area contributed by atoms with Gasteiger partial charge in [-0.1, -0.05) is 66.7 Å². The average molecular weight is 345 g/mol. The number of nitro groups is 1. The van der Waals surface area contributed by atoms with Gasteiger partial charge in [0.1, 0.15) is 5.75 Å². The van der Waals surface area contributed by atoms with Crippen molar-refractivity contribution in [3.63, 3.8) is 0 Å². The number of nitrogens with zero attached hydrogens (tertiary/aromatic N) is 1. The SMILES string of the molecule is O=C(c1ccccc1)c1ccc(/C=C/c2cc([N+](=O)[O-])ccc2O)cc1. The second kappa shape index (κ2) is 7.44. The largest absolute Gasteiger partial charge is 0.507 e. The van der Waals surface area contributed by atoms with Crippen molar-refractivity contribution in [2.75, 3.05) is 0 Å². The van der Waals surface area contributed by atoms with Gasteiger partial charge in [0.15, 0.2) is 5.78 Å². The fourth-order valence-electron chi connectivity index (χ4n) is 2.48. The molecule has 0 heterocycles. The zero-order chi connectivity index (χ0) is 18.5. The summed E-state index contributed by atoms with van der Waals surface area (Å²) in [6.45, 7) is 0. The molecule has 0 unspecified atom stereocenters. The van der Waals surface area contributed by atoms with E-state index in [1.54, 1.807) is 48.6 Å². The maximum absolute atomic E-state index is 12.4. The molecule has 0 atom stereocenters. The third-order valence-corrected chi connectivity index (χ3v) is 3.89. The van der Waals surface area contributed by atoms with Gasteiger partial charge in [-0.2, -0.15) is 0 Å². The van der Waals surface area contributed by atoms with Crippen LogP contribution >= 0.6 is 0 Å². The molecular formula is C21H15NO4. The Bertz CT molecular complexity index is 977. The van der Waals surface area contributed by atoms with Gasteiger partial charge in [-0.3, -0.25) is 14.9 Å². The van der Waals surface area contributed by atoms with Gasteiger partial charge in [0.25, 0.3) is 5.69 Å². The first-order valence-corrected chi connectivity index (χ1v) is 7.90. The van der Waals surface area contributed by atoms with Crippen LogP contribution in [0.2, 0.25) is 0 Å². The monoisotopic (exact) mass is 345 g/mol. The quantitative estimate of drug-likeness (QED) is 0.314. The molecule has 128 valence electrons. The molecule has 0 aromatic heterocycles. The van der Waals surface area contributed by atoms with Crippen LogP contribution in [0.25, 0.3) is 12.2 Å². The number of phenolic OH excluding ortho intramolecular Hbond substituents is 1. The predicted octanol–water partition coefficient (Wildman–Crippen LogP) is 4.70. The molecular weight excluding hydrogens is 330 g/mol. The highest BCUT2D eigenvalue weighted by Crippen LogP contribution is 2.25. The van der Waals surface area contributed by atoms with Crippen LogP contribution in [0.15, 0.2) is 72.8 Å². The van der Waals surface area contributed by atoms with E-state index in [9.17, 15) is 20.0 Å². The topological polar surface area (TPSA) is 80.4 Å². The fraction of sp³-hybridized carbons (Fsp3) is 0. The molecule has 3 aromatic carbocycles. The van der Waals surface area contributed by atoms with Gasteiger partial charge >= 0.3 is 0 Å². The van der Waals surface area contributed by atoms with Crippen molar-refractivity contribution >= 4 is 23.6 Å². The molecule has 0 aliphatic carbocycles. The molecule has 26 heavy (non-hydrogen) atoms. The van der Waals surface area contributed by atoms with Crippen LogP contribution in [-0.2, 0) is 0 Å². The molecule has 0 fully saturated rings. The number of hydrogen-bond donors (Lipinski definition) is 1. The highest BCUT2D eigenvalue weighted by atomic mass is 16.6. The molecule has 0 bridgehead atoms. The number of phenols is 1. The smallest absolute Gasteiger partial charge is 0.270 e. The van der Waals surface area contributed by atoms with Crippen LogP contribution in [0.4, 0.5) is 5.69 Å². The predicted molar refractivity (Wildman–Crippen MR) is 100 cm³/mol. The molecule has 3 rings (SSSR count). The Morgan fingerprint density at radius 1 is 0.885 bits per heavy atom. The number of non-ortho nitro benzene ring substituents is 1. The normalized spacial score (nSPS) is 10.8. The lowest BCUT2D eigenvalue weighted by Crippen LogP contribution is -2.00. The van der Waals surface area contributed by atoms with Crippen LogP contribution in [-0.4, -0.2) is 15.8 Å². The summed E-state index contributed by atoms with van der Waals surface area (Å²) in [4.78, 5) is 22.7. The van der Waals surface area contributed by atoms with Crippen molar-refractivity contribution in [1.29, 1.82) is 0 Å². The minimum atomic E-state index is -0.513. The standard InChI is InChI=1S/C21H15NO4/c23-20-13-12-19(22(25)26)14-18(20)11-8-15-6-9-17(10-7-15)21(24)16-4-2-1-3-5-16/h1-14,23H/b11-8+. The minimum absolute atomic E-state index is 0.0391. The van der Waals surface area contributed by atoms with Gasteiger partial charge in [0.05, 0.1) is 4.92 Å². The van der Waals surface area contributed by atoms with E-state index in [0.717, 1.165) is 5.56 Å². The summed E-state index contributed by atoms with van der Waals surface area (Å²) in [5.74, 6) is -0.0971. The Morgan fingerprint density at radius 3 is 2.19 bits per heavy atom. The Labute approximate surface area is 150 Å². The summed E-state index contributed by atoms with van der Waals surface area (Å²) in [6.07, 6.45) is 3.31. The first-order chi connectivity index (χ1) is 12.5. The van der Waals surface area contributed by atoms with Crippen LogP contribution in [0.3, 0.4) is 0 Å². The van der Waals surface area contributed by atoms with Crippen molar-refractivity contribution in [2.45, 2.75) is 0 Å². The van der Waals surface area contributed by atoms with Gasteiger partial charge in [-0.25, -0.2) is 0 Å². The Kier molecular flexibility index (Phi) is 4.90. The molecule has 3 aromatic rings. The van der Waals surface area contributed by atoms with Crippen molar-refractivity contribution < 1.29 is 14.8 Å². The van der Waals surface area contributed by atoms with Crippen LogP contribution in [0, 0.1) is 10.1 Å². The van der Waals surface area contributed by atoms with E-state index in [-0.39, 0.29) is 17.2 Å². The van der Waals surface area contributed by atoms with Crippen molar-refractivity contribution in [1.82, 2.24) is 0 Å². The summed E-state index contributed by atoms with van der Waals surface area (Å²) in [6, 6.07) is 19.9. The lowest BCUT2D eigenvalue weighted by molar-refractivity contribution is -0.384. The van der Waals surface area contributed by atoms with Gasteiger partial charge in [0, 0.05) is 28.8 Å². The van der Waals surface area contributed by atoms with E-state index in [2.05, 4.69) is 0 Å². The summed E-state index contributed by atoms with van der Waals surface area (Å²) in [5, 5.41) is 20.6. The molecule has 1 N–H and O–H groups in total. The number of carbonyl (C=O) groups is 1. The zero-order valence-corrected chi connectivity index (χ0v) is 13.7. The Balaban J connectivity index is 1.80. The summed E-state index contributed by atoms with van der Waals surface area (Å²) in [7, 11) is 0. The number of benzene rings is 3. The lowest BCUT2D eigenvalue weighted by Gasteiger charge is -2.02. The summed E-state index contributed by atoms with van der Waals surface area (Å²) >= 11 is 0. The van der Waals surface area contributed by atoms with Gasteiger partial charge in [0.2, 0.25) is 0 Å². The molecule has 5 nitrogen and oxygen atoms in total. The Hall–Kier alpha value is -3.73. The first-order valence-electron chi connectivity index (χ1n) is 7.90. The number of nitro benzene ring substituents is 1. The minimum Gasteiger partial charge on any atom is -0.507 e. The van der Waals surface area contributed by atoms with Crippen molar-refractivity contribution in [3.8, 4) is 5.75 Å². The summed E-state index contributed by atoms with van der Waals surface area (Å²) < 4.78 is 0. The Morgan fingerprint density at radius 2 is 1.54 bits per heavy atom. The molecule has 0 saturated carbocycles. The molecule has 0 saturated heterocycles. The maximum atomic E-state index is 12.4. The number of rotatable bonds is 5. The third kappa shape index (κ3) is 3.84. The molecule has 5 heteroatoms. The second-order valence-electron chi connectivity index (χ2n) is 5.65. The number of aromatic hydroxyl groups is 1. The third-order valence-electron chi connectivity index (χ3n) is 3.89. The maximum Gasteiger partial charge on any atom is 0.270 e. The van der Waals surface area contributed by atoms with Crippen LogP contribution < -0.4 is 0 Å². The second-order valence-corrected chi connectivity index (χ2v) is 5.65. The van der Waals surface area contributed by atoms with E-state index in [1.807, 2.05) is 18.2 Å². The molecule has 0 aliphatic rings. The zero-order valence-electron chi connectivity index (χ0n) is 13.7. The first kappa shape index (κ1) is 17.1. The average Bonchev–Trinajstić information content (AvgIpc) is 2.67. The van der Waals surface area contributed by atoms with Crippen LogP contribution in [0.1, 0.15) is 27.0 Å². The van der Waals surface area contributed by atoms with E-state index >= 15 is 0 Å². The number of ketones is 1. The molecule has 0 aliphatic heterocycles. The van der Waals surface area contributed by atoms with Crippen LogP contribution in [0.5, 0.6) is 5.75 Å². The highest BCUT2D eigenvalue weighted by molar-refractivity contribution is 6.09. The van der Waals surface area contributed by atoms with E-state index in [1.165, 1.54) is 18.2 Å². The summed E-state index contributed by atoms with van der Waals surface area (Å²) in [5.41, 5.74) is 2.26. The fourth-order valence-corrected chi connectivity index (χ4v) is 2.48. The van der Waals surface area contributed by atoms with E-state index in [0.29, 0.717) is 16.7 Å². The van der Waals surface area contributed by atoms with Crippen molar-refractivity contribution in [3.05, 3.63) is 105 Å². The van der Waals surface area contributed by atoms with Crippen molar-refractivity contribution in [2.24, 2.45) is 0 Å². The van der Waals surface area contributed by atoms with Gasteiger partial charge < -0.3 is 5.11 Å².